The molecule has 22 rings (SSSR count). The highest BCUT2D eigenvalue weighted by Gasteiger charge is 2.26. The number of ether oxygens (including phenoxy) is 24. The second kappa shape index (κ2) is 46.9. The molecular formula is C78H108O24. The van der Waals surface area contributed by atoms with Crippen LogP contribution in [-0.4, -0.2) is 244 Å². The lowest BCUT2D eigenvalue weighted by atomic mass is 9.92. The molecule has 6 aromatic rings. The van der Waals surface area contributed by atoms with Gasteiger partial charge in [-0.3, -0.25) is 0 Å². The van der Waals surface area contributed by atoms with E-state index >= 15 is 0 Å². The van der Waals surface area contributed by atoms with Gasteiger partial charge in [0.05, 0.1) is 79.3 Å². The number of hydrogen-bond acceptors (Lipinski definition) is 24. The Balaban J connectivity index is 1.61. The Bertz CT molecular complexity index is 2610. The second-order valence-electron chi connectivity index (χ2n) is 23.6. The number of rotatable bonds is 48. The van der Waals surface area contributed by atoms with Crippen LogP contribution < -0.4 is 56.8 Å². The maximum atomic E-state index is 6.74. The third-order valence-corrected chi connectivity index (χ3v) is 16.3. The Morgan fingerprint density at radius 2 is 0.216 bits per heavy atom. The Kier molecular flexibility index (Phi) is 37.6. The SMILES string of the molecule is COCCOc1cc2c(OCCOC)cc1Cc1cc(OCCOC)c(cc1OCCOC)Cc1cc(OCCOC)c(cc1OCCOC)Cc1cc(OCCOC)c(cc1OCCOC)Cc1cc(OCCOC)c(cc1OCCOC)Cc1cc(OCCOC)c(cc1OCCOC)C2. The fraction of sp³-hybridized carbons (Fsp3) is 0.538. The predicted octanol–water partition coefficient (Wildman–Crippen LogP) is 9.85. The van der Waals surface area contributed by atoms with Crippen molar-refractivity contribution in [1.82, 2.24) is 0 Å². The lowest BCUT2D eigenvalue weighted by Gasteiger charge is -2.23. The summed E-state index contributed by atoms with van der Waals surface area (Å²) in [5.41, 5.74) is 9.53. The molecule has 0 heterocycles. The summed E-state index contributed by atoms with van der Waals surface area (Å²) in [6, 6.07) is 24.3. The zero-order valence-electron chi connectivity index (χ0n) is 61.9. The molecule has 0 fully saturated rings. The molecule has 102 heavy (non-hydrogen) atoms. The summed E-state index contributed by atoms with van der Waals surface area (Å²) in [6.45, 7) is 6.78. The Hall–Kier alpha value is -7.56. The van der Waals surface area contributed by atoms with Gasteiger partial charge in [0.25, 0.3) is 0 Å². The van der Waals surface area contributed by atoms with Crippen LogP contribution in [0.3, 0.4) is 0 Å². The van der Waals surface area contributed by atoms with Gasteiger partial charge >= 0.3 is 0 Å². The number of hydrogen-bond donors (Lipinski definition) is 0. The van der Waals surface area contributed by atoms with Crippen LogP contribution in [0.2, 0.25) is 0 Å². The molecule has 16 aliphatic rings. The van der Waals surface area contributed by atoms with Gasteiger partial charge < -0.3 is 114 Å². The van der Waals surface area contributed by atoms with E-state index in [1.54, 1.807) is 85.3 Å². The van der Waals surface area contributed by atoms with E-state index in [1.165, 1.54) is 0 Å². The van der Waals surface area contributed by atoms with Crippen molar-refractivity contribution in [3.8, 4) is 69.0 Å². The van der Waals surface area contributed by atoms with Crippen LogP contribution in [0.25, 0.3) is 0 Å². The van der Waals surface area contributed by atoms with Crippen LogP contribution in [0.5, 0.6) is 69.0 Å². The average molecular weight is 1430 g/mol. The van der Waals surface area contributed by atoms with E-state index in [0.717, 1.165) is 66.8 Å². The highest BCUT2D eigenvalue weighted by molar-refractivity contribution is 5.60. The zero-order valence-corrected chi connectivity index (χ0v) is 61.9. The maximum Gasteiger partial charge on any atom is 0.123 e. The molecule has 0 atom stereocenters. The van der Waals surface area contributed by atoms with E-state index in [2.05, 4.69) is 0 Å². The standard InChI is InChI=1S/C78H108O24/c1-79-13-25-91-67-43-56-38-58-46-72(96-30-18-84-6)60(48-71(58)95-29-17-83-5)40-62-50-76(100-34-22-88-10)64(52-75(62)99-33-21-87-9)42-66-54-77(101-35-23-89-11)65(53-78(66)102-36-24-90-12)41-63-51-73(97-31-19-85-7)61(49-74(63)98-32-20-86-8)39-59-47-69(93-27-15-81-3)57(45-70(59)94-28-16-82-4)37-55(67)44-68(56)92-26-14-80-2/h43-54H,13-42H2,1-12H3. The molecule has 24 heteroatoms. The fourth-order valence-corrected chi connectivity index (χ4v) is 11.2. The van der Waals surface area contributed by atoms with Crippen LogP contribution in [0.15, 0.2) is 72.8 Å². The molecule has 16 aliphatic carbocycles. The minimum atomic E-state index is 0.244. The first-order valence-corrected chi connectivity index (χ1v) is 34.4. The van der Waals surface area contributed by atoms with E-state index < -0.39 is 0 Å². The third-order valence-electron chi connectivity index (χ3n) is 16.3. The Morgan fingerprint density at radius 3 is 0.284 bits per heavy atom. The number of benzene rings is 6. The van der Waals surface area contributed by atoms with Crippen LogP contribution in [0, 0.1) is 0 Å². The molecule has 564 valence electrons. The van der Waals surface area contributed by atoms with Crippen molar-refractivity contribution < 1.29 is 114 Å². The molecule has 0 aromatic heterocycles. The quantitative estimate of drug-likeness (QED) is 0.0324. The highest BCUT2D eigenvalue weighted by Crippen LogP contribution is 2.44. The molecule has 12 bridgehead atoms. The van der Waals surface area contributed by atoms with Crippen LogP contribution in [-0.2, 0) is 95.4 Å². The summed E-state index contributed by atoms with van der Waals surface area (Å²) < 4.78 is 148. The lowest BCUT2D eigenvalue weighted by Crippen LogP contribution is -2.13. The highest BCUT2D eigenvalue weighted by atomic mass is 16.6. The van der Waals surface area contributed by atoms with E-state index in [4.69, 9.17) is 114 Å². The molecule has 0 spiro atoms. The predicted molar refractivity (Wildman–Crippen MR) is 384 cm³/mol. The van der Waals surface area contributed by atoms with E-state index in [9.17, 15) is 0 Å². The third kappa shape index (κ3) is 26.0. The topological polar surface area (TPSA) is 222 Å². The molecule has 0 N–H and O–H groups in total. The summed E-state index contributed by atoms with van der Waals surface area (Å²) >= 11 is 0. The van der Waals surface area contributed by atoms with Gasteiger partial charge in [-0.2, -0.15) is 0 Å². The maximum absolute atomic E-state index is 6.74. The van der Waals surface area contributed by atoms with Crippen molar-refractivity contribution in [1.29, 1.82) is 0 Å². The first kappa shape index (κ1) is 81.7. The monoisotopic (exact) mass is 1430 g/mol. The summed E-state index contributed by atoms with van der Waals surface area (Å²) in [4.78, 5) is 0. The molecule has 0 saturated heterocycles. The van der Waals surface area contributed by atoms with Crippen molar-refractivity contribution in [3.63, 3.8) is 0 Å². The van der Waals surface area contributed by atoms with Gasteiger partial charge in [-0.05, 0) is 72.8 Å². The first-order chi connectivity index (χ1) is 50.1. The van der Waals surface area contributed by atoms with Crippen LogP contribution in [0.1, 0.15) is 66.8 Å². The van der Waals surface area contributed by atoms with Gasteiger partial charge in [0.15, 0.2) is 0 Å². The van der Waals surface area contributed by atoms with Crippen molar-refractivity contribution >= 4 is 0 Å². The molecule has 0 saturated carbocycles. The molecule has 0 amide bonds. The second-order valence-corrected chi connectivity index (χ2v) is 23.6. The van der Waals surface area contributed by atoms with Crippen LogP contribution in [0.4, 0.5) is 0 Å². The lowest BCUT2D eigenvalue weighted by molar-refractivity contribution is 0.142. The molecule has 6 aromatic carbocycles. The van der Waals surface area contributed by atoms with Gasteiger partial charge in [0.2, 0.25) is 0 Å². The van der Waals surface area contributed by atoms with Crippen molar-refractivity contribution in [2.45, 2.75) is 38.5 Å². The van der Waals surface area contributed by atoms with Gasteiger partial charge in [-0.1, -0.05) is 0 Å². The average Bonchev–Trinajstić information content (AvgIpc) is 0.790. The van der Waals surface area contributed by atoms with Gasteiger partial charge in [0, 0.05) is 191 Å². The molecular weight excluding hydrogens is 1320 g/mol. The zero-order chi connectivity index (χ0) is 72.5. The fourth-order valence-electron chi connectivity index (χ4n) is 11.2. The summed E-state index contributed by atoms with van der Waals surface area (Å²) in [5.74, 6) is 7.12. The minimum absolute atomic E-state index is 0.244. The normalized spacial score (nSPS) is 12.1. The molecule has 0 radical (unpaired) electrons. The minimum Gasteiger partial charge on any atom is -0.491 e. The van der Waals surface area contributed by atoms with Crippen molar-refractivity contribution in [2.24, 2.45) is 0 Å². The van der Waals surface area contributed by atoms with Gasteiger partial charge in [-0.15, -0.1) is 0 Å². The molecule has 24 nitrogen and oxygen atoms in total. The van der Waals surface area contributed by atoms with Crippen molar-refractivity contribution in [3.05, 3.63) is 140 Å². The smallest absolute Gasteiger partial charge is 0.123 e. The summed E-state index contributed by atoms with van der Waals surface area (Å²) in [5, 5.41) is 0. The van der Waals surface area contributed by atoms with E-state index in [-0.39, 0.29) is 79.3 Å². The summed E-state index contributed by atoms with van der Waals surface area (Å²) in [6.07, 6.45) is 1.81. The first-order valence-electron chi connectivity index (χ1n) is 34.4. The summed E-state index contributed by atoms with van der Waals surface area (Å²) in [7, 11) is 19.7. The van der Waals surface area contributed by atoms with E-state index in [0.29, 0.717) is 187 Å². The van der Waals surface area contributed by atoms with Gasteiger partial charge in [0.1, 0.15) is 148 Å². The number of methoxy groups -OCH3 is 12. The van der Waals surface area contributed by atoms with Crippen LogP contribution >= 0.6 is 0 Å². The molecule has 0 aliphatic heterocycles. The van der Waals surface area contributed by atoms with Crippen molar-refractivity contribution in [2.75, 3.05) is 244 Å². The Labute approximate surface area is 602 Å². The Morgan fingerprint density at radius 1 is 0.137 bits per heavy atom. The largest absolute Gasteiger partial charge is 0.491 e. The van der Waals surface area contributed by atoms with Gasteiger partial charge in [-0.25, -0.2) is 0 Å². The van der Waals surface area contributed by atoms with E-state index in [1.807, 2.05) is 72.8 Å². The molecule has 0 unspecified atom stereocenters.